The highest BCUT2D eigenvalue weighted by Gasteiger charge is 2.49. The van der Waals surface area contributed by atoms with E-state index in [1.54, 1.807) is 7.11 Å². The Labute approximate surface area is 164 Å². The van der Waals surface area contributed by atoms with Gasteiger partial charge in [-0.15, -0.1) is 0 Å². The maximum absolute atomic E-state index is 6.06. The first-order valence-electron chi connectivity index (χ1n) is 9.31. The summed E-state index contributed by atoms with van der Waals surface area (Å²) < 4.78 is 12.7. The molecule has 1 N–H and O–H groups in total. The maximum atomic E-state index is 6.06. The van der Waals surface area contributed by atoms with E-state index in [-0.39, 0.29) is 11.5 Å². The van der Waals surface area contributed by atoms with Crippen LogP contribution in [0.15, 0.2) is 46.9 Å². The van der Waals surface area contributed by atoms with E-state index in [0.29, 0.717) is 6.04 Å². The van der Waals surface area contributed by atoms with Gasteiger partial charge in [-0.3, -0.25) is 0 Å². The van der Waals surface area contributed by atoms with Crippen molar-refractivity contribution in [1.29, 1.82) is 0 Å². The SMILES string of the molecule is COc1ccc2c(c1)C(OC)C1(CCNC(Cc3ccccc3Br)C1)C2. The van der Waals surface area contributed by atoms with Crippen molar-refractivity contribution in [2.24, 2.45) is 5.41 Å². The Balaban J connectivity index is 1.59. The molecule has 1 aliphatic carbocycles. The average molecular weight is 416 g/mol. The normalized spacial score (nSPS) is 27.5. The number of benzene rings is 2. The third kappa shape index (κ3) is 3.19. The summed E-state index contributed by atoms with van der Waals surface area (Å²) in [4.78, 5) is 0. The van der Waals surface area contributed by atoms with Gasteiger partial charge in [0, 0.05) is 23.0 Å². The highest BCUT2D eigenvalue weighted by atomic mass is 79.9. The molecule has 1 heterocycles. The van der Waals surface area contributed by atoms with Crippen molar-refractivity contribution in [3.05, 3.63) is 63.6 Å². The lowest BCUT2D eigenvalue weighted by molar-refractivity contribution is -0.0290. The minimum absolute atomic E-state index is 0.149. The lowest BCUT2D eigenvalue weighted by Crippen LogP contribution is -2.47. The van der Waals surface area contributed by atoms with Gasteiger partial charge in [-0.25, -0.2) is 0 Å². The van der Waals surface area contributed by atoms with Gasteiger partial charge in [0.2, 0.25) is 0 Å². The standard InChI is InChI=1S/C22H26BrNO2/c1-25-18-8-7-16-13-22(21(26-2)19(16)12-18)9-10-24-17(14-22)11-15-5-3-4-6-20(15)23/h3-8,12,17,21,24H,9-11,13-14H2,1-2H3. The van der Waals surface area contributed by atoms with Gasteiger partial charge < -0.3 is 14.8 Å². The van der Waals surface area contributed by atoms with Gasteiger partial charge in [0.1, 0.15) is 5.75 Å². The van der Waals surface area contributed by atoms with Gasteiger partial charge in [-0.1, -0.05) is 40.2 Å². The van der Waals surface area contributed by atoms with E-state index in [2.05, 4.69) is 63.7 Å². The molecule has 1 saturated heterocycles. The molecule has 26 heavy (non-hydrogen) atoms. The van der Waals surface area contributed by atoms with Crippen LogP contribution in [0.5, 0.6) is 5.75 Å². The second-order valence-electron chi connectivity index (χ2n) is 7.62. The predicted molar refractivity (Wildman–Crippen MR) is 108 cm³/mol. The molecule has 0 amide bonds. The fourth-order valence-electron chi connectivity index (χ4n) is 4.95. The number of ether oxygens (including phenoxy) is 2. The van der Waals surface area contributed by atoms with Crippen molar-refractivity contribution in [3.8, 4) is 5.75 Å². The Morgan fingerprint density at radius 1 is 1.19 bits per heavy atom. The second-order valence-corrected chi connectivity index (χ2v) is 8.47. The summed E-state index contributed by atoms with van der Waals surface area (Å²) in [5, 5.41) is 3.74. The van der Waals surface area contributed by atoms with Crippen LogP contribution in [0, 0.1) is 5.41 Å². The number of piperidine rings is 1. The Kier molecular flexibility index (Phi) is 5.09. The van der Waals surface area contributed by atoms with Crippen LogP contribution in [0.25, 0.3) is 0 Å². The number of fused-ring (bicyclic) bond motifs is 1. The van der Waals surface area contributed by atoms with E-state index < -0.39 is 0 Å². The summed E-state index contributed by atoms with van der Waals surface area (Å²) in [6.45, 7) is 1.04. The molecule has 1 fully saturated rings. The summed E-state index contributed by atoms with van der Waals surface area (Å²) in [6, 6.07) is 15.5. The van der Waals surface area contributed by atoms with Gasteiger partial charge >= 0.3 is 0 Å². The molecule has 3 atom stereocenters. The van der Waals surface area contributed by atoms with Crippen LogP contribution in [-0.2, 0) is 17.6 Å². The van der Waals surface area contributed by atoms with Gasteiger partial charge in [-0.05, 0) is 67.1 Å². The molecule has 0 bridgehead atoms. The topological polar surface area (TPSA) is 30.5 Å². The zero-order chi connectivity index (χ0) is 18.1. The van der Waals surface area contributed by atoms with E-state index in [9.17, 15) is 0 Å². The van der Waals surface area contributed by atoms with Crippen molar-refractivity contribution in [1.82, 2.24) is 5.32 Å². The van der Waals surface area contributed by atoms with Crippen LogP contribution >= 0.6 is 15.9 Å². The molecular weight excluding hydrogens is 390 g/mol. The monoisotopic (exact) mass is 415 g/mol. The van der Waals surface area contributed by atoms with Crippen LogP contribution in [-0.4, -0.2) is 26.8 Å². The fourth-order valence-corrected chi connectivity index (χ4v) is 5.39. The van der Waals surface area contributed by atoms with Crippen LogP contribution in [0.2, 0.25) is 0 Å². The number of halogens is 1. The molecule has 2 aliphatic rings. The van der Waals surface area contributed by atoms with Gasteiger partial charge in [0.05, 0.1) is 13.2 Å². The molecule has 2 aromatic carbocycles. The number of rotatable bonds is 4. The lowest BCUT2D eigenvalue weighted by atomic mass is 9.71. The molecule has 4 rings (SSSR count). The third-order valence-electron chi connectivity index (χ3n) is 6.10. The third-order valence-corrected chi connectivity index (χ3v) is 6.88. The highest BCUT2D eigenvalue weighted by Crippen LogP contribution is 2.54. The summed E-state index contributed by atoms with van der Waals surface area (Å²) in [6.07, 6.45) is 4.56. The van der Waals surface area contributed by atoms with Crippen LogP contribution in [0.1, 0.15) is 35.6 Å². The minimum atomic E-state index is 0.149. The Morgan fingerprint density at radius 2 is 2.04 bits per heavy atom. The molecule has 4 heteroatoms. The molecule has 138 valence electrons. The first-order valence-corrected chi connectivity index (χ1v) is 10.1. The van der Waals surface area contributed by atoms with Crippen molar-refractivity contribution < 1.29 is 9.47 Å². The summed E-state index contributed by atoms with van der Waals surface area (Å²) in [5.74, 6) is 0.918. The van der Waals surface area contributed by atoms with E-state index in [1.165, 1.54) is 21.2 Å². The van der Waals surface area contributed by atoms with Gasteiger partial charge in [0.25, 0.3) is 0 Å². The molecule has 1 spiro atoms. The number of hydrogen-bond donors (Lipinski definition) is 1. The molecule has 3 unspecified atom stereocenters. The van der Waals surface area contributed by atoms with Crippen LogP contribution in [0.3, 0.4) is 0 Å². The minimum Gasteiger partial charge on any atom is -0.497 e. The van der Waals surface area contributed by atoms with E-state index in [1.807, 2.05) is 7.11 Å². The average Bonchev–Trinajstić information content (AvgIpc) is 2.94. The van der Waals surface area contributed by atoms with E-state index >= 15 is 0 Å². The van der Waals surface area contributed by atoms with Crippen molar-refractivity contribution in [2.45, 2.75) is 37.8 Å². The Hall–Kier alpha value is -1.36. The zero-order valence-electron chi connectivity index (χ0n) is 15.4. The molecule has 0 saturated carbocycles. The van der Waals surface area contributed by atoms with Crippen LogP contribution < -0.4 is 10.1 Å². The second kappa shape index (κ2) is 7.34. The maximum Gasteiger partial charge on any atom is 0.119 e. The molecule has 0 radical (unpaired) electrons. The van der Waals surface area contributed by atoms with E-state index in [4.69, 9.17) is 9.47 Å². The first-order chi connectivity index (χ1) is 12.6. The largest absolute Gasteiger partial charge is 0.497 e. The highest BCUT2D eigenvalue weighted by molar-refractivity contribution is 9.10. The van der Waals surface area contributed by atoms with Gasteiger partial charge in [0.15, 0.2) is 0 Å². The quantitative estimate of drug-likeness (QED) is 0.785. The molecule has 1 aliphatic heterocycles. The summed E-state index contributed by atoms with van der Waals surface area (Å²) in [7, 11) is 3.58. The van der Waals surface area contributed by atoms with Crippen molar-refractivity contribution in [2.75, 3.05) is 20.8 Å². The first kappa shape index (κ1) is 18.0. The molecular formula is C22H26BrNO2. The number of hydrogen-bond acceptors (Lipinski definition) is 3. The molecule has 0 aromatic heterocycles. The molecule has 2 aromatic rings. The Morgan fingerprint density at radius 3 is 2.81 bits per heavy atom. The number of nitrogens with one attached hydrogen (secondary N) is 1. The van der Waals surface area contributed by atoms with Gasteiger partial charge in [-0.2, -0.15) is 0 Å². The lowest BCUT2D eigenvalue weighted by Gasteiger charge is -2.42. The fraction of sp³-hybridized carbons (Fsp3) is 0.455. The van der Waals surface area contributed by atoms with Crippen molar-refractivity contribution in [3.63, 3.8) is 0 Å². The van der Waals surface area contributed by atoms with Crippen LogP contribution in [0.4, 0.5) is 0 Å². The van der Waals surface area contributed by atoms with E-state index in [0.717, 1.165) is 38.0 Å². The summed E-state index contributed by atoms with van der Waals surface area (Å²) >= 11 is 3.70. The molecule has 3 nitrogen and oxygen atoms in total. The zero-order valence-corrected chi connectivity index (χ0v) is 17.0. The number of methoxy groups -OCH3 is 2. The van der Waals surface area contributed by atoms with Crippen molar-refractivity contribution >= 4 is 15.9 Å². The predicted octanol–water partition coefficient (Wildman–Crippen LogP) is 4.68. The summed E-state index contributed by atoms with van der Waals surface area (Å²) in [5.41, 5.74) is 4.28. The smallest absolute Gasteiger partial charge is 0.119 e. The Bertz CT molecular complexity index is 793.